The highest BCUT2D eigenvalue weighted by Crippen LogP contribution is 2.30. The van der Waals surface area contributed by atoms with Gasteiger partial charge in [-0.1, -0.05) is 60.7 Å². The van der Waals surface area contributed by atoms with Gasteiger partial charge in [-0.2, -0.15) is 5.10 Å². The van der Waals surface area contributed by atoms with E-state index in [1.807, 2.05) is 46.1 Å². The molecule has 3 heterocycles. The number of carbonyl (C=O) groups excluding carboxylic acids is 1. The van der Waals surface area contributed by atoms with E-state index in [9.17, 15) is 4.79 Å². The number of rotatable bonds is 5. The molecule has 5 nitrogen and oxygen atoms in total. The molecule has 5 heteroatoms. The highest BCUT2D eigenvalue weighted by molar-refractivity contribution is 5.99. The van der Waals surface area contributed by atoms with Gasteiger partial charge in [0, 0.05) is 37.2 Å². The first-order chi connectivity index (χ1) is 15.8. The van der Waals surface area contributed by atoms with Crippen LogP contribution in [0.4, 0.5) is 0 Å². The third kappa shape index (κ3) is 4.33. The Balaban J connectivity index is 1.38. The van der Waals surface area contributed by atoms with Crippen molar-refractivity contribution in [3.8, 4) is 11.3 Å². The van der Waals surface area contributed by atoms with Crippen LogP contribution in [0, 0.1) is 0 Å². The molecule has 160 valence electrons. The van der Waals surface area contributed by atoms with Crippen LogP contribution in [0.3, 0.4) is 0 Å². The zero-order valence-electron chi connectivity index (χ0n) is 18.0. The molecular formula is C27H26N4O. The molecule has 4 aromatic rings. The Bertz CT molecular complexity index is 1160. The van der Waals surface area contributed by atoms with Crippen LogP contribution in [0.15, 0.2) is 91.4 Å². The maximum atomic E-state index is 13.6. The predicted octanol–water partition coefficient (Wildman–Crippen LogP) is 5.01. The van der Waals surface area contributed by atoms with E-state index in [4.69, 9.17) is 5.10 Å². The van der Waals surface area contributed by atoms with Crippen LogP contribution < -0.4 is 0 Å². The monoisotopic (exact) mass is 422 g/mol. The summed E-state index contributed by atoms with van der Waals surface area (Å²) in [6, 6.07) is 24.6. The number of nitrogens with zero attached hydrogens (tertiary/aromatic N) is 4. The van der Waals surface area contributed by atoms with E-state index in [1.54, 1.807) is 12.4 Å². The van der Waals surface area contributed by atoms with Crippen LogP contribution in [0.1, 0.15) is 40.2 Å². The fourth-order valence-electron chi connectivity index (χ4n) is 4.46. The molecule has 0 spiro atoms. The SMILES string of the molecule is O=C(c1cn(Cc2ccccc2)nc1-c1cccnc1)N1CCC(c2ccccc2)CC1. The summed E-state index contributed by atoms with van der Waals surface area (Å²) in [4.78, 5) is 19.8. The lowest BCUT2D eigenvalue weighted by Gasteiger charge is -2.32. The van der Waals surface area contributed by atoms with Crippen LogP contribution in [-0.2, 0) is 6.54 Å². The first kappa shape index (κ1) is 20.2. The van der Waals surface area contributed by atoms with Gasteiger partial charge in [-0.25, -0.2) is 0 Å². The van der Waals surface area contributed by atoms with Crippen LogP contribution in [0.5, 0.6) is 0 Å². The second kappa shape index (κ2) is 9.18. The van der Waals surface area contributed by atoms with Crippen molar-refractivity contribution in [1.82, 2.24) is 19.7 Å². The lowest BCUT2D eigenvalue weighted by molar-refractivity contribution is 0.0713. The minimum Gasteiger partial charge on any atom is -0.338 e. The zero-order valence-corrected chi connectivity index (χ0v) is 18.0. The summed E-state index contributed by atoms with van der Waals surface area (Å²) in [6.07, 6.45) is 7.36. The topological polar surface area (TPSA) is 51.0 Å². The molecule has 2 aromatic heterocycles. The van der Waals surface area contributed by atoms with Gasteiger partial charge in [0.2, 0.25) is 0 Å². The average molecular weight is 423 g/mol. The molecule has 1 aliphatic rings. The maximum absolute atomic E-state index is 13.6. The number of amides is 1. The van der Waals surface area contributed by atoms with Gasteiger partial charge in [0.25, 0.3) is 5.91 Å². The summed E-state index contributed by atoms with van der Waals surface area (Å²) in [6.45, 7) is 2.14. The largest absolute Gasteiger partial charge is 0.338 e. The van der Waals surface area contributed by atoms with Gasteiger partial charge in [-0.05, 0) is 42.0 Å². The van der Waals surface area contributed by atoms with E-state index >= 15 is 0 Å². The van der Waals surface area contributed by atoms with E-state index in [1.165, 1.54) is 5.56 Å². The van der Waals surface area contributed by atoms with Gasteiger partial charge in [0.1, 0.15) is 5.69 Å². The van der Waals surface area contributed by atoms with Crippen molar-refractivity contribution in [3.05, 3.63) is 108 Å². The second-order valence-corrected chi connectivity index (χ2v) is 8.29. The molecule has 0 atom stereocenters. The molecular weight excluding hydrogens is 396 g/mol. The number of benzene rings is 2. The van der Waals surface area contributed by atoms with Crippen molar-refractivity contribution in [1.29, 1.82) is 0 Å². The van der Waals surface area contributed by atoms with Crippen molar-refractivity contribution in [2.45, 2.75) is 25.3 Å². The fourth-order valence-corrected chi connectivity index (χ4v) is 4.46. The van der Waals surface area contributed by atoms with Gasteiger partial charge in [-0.3, -0.25) is 14.5 Å². The van der Waals surface area contributed by atoms with Crippen LogP contribution in [0.2, 0.25) is 0 Å². The third-order valence-electron chi connectivity index (χ3n) is 6.17. The summed E-state index contributed by atoms with van der Waals surface area (Å²) >= 11 is 0. The van der Waals surface area contributed by atoms with Crippen LogP contribution in [-0.4, -0.2) is 38.7 Å². The minimum absolute atomic E-state index is 0.0506. The summed E-state index contributed by atoms with van der Waals surface area (Å²) < 4.78 is 1.86. The van der Waals surface area contributed by atoms with Gasteiger partial charge in [0.05, 0.1) is 12.1 Å². The number of piperidine rings is 1. The Morgan fingerprint density at radius 1 is 0.906 bits per heavy atom. The molecule has 5 rings (SSSR count). The number of likely N-dealkylation sites (tertiary alicyclic amines) is 1. The lowest BCUT2D eigenvalue weighted by Crippen LogP contribution is -2.38. The highest BCUT2D eigenvalue weighted by Gasteiger charge is 2.28. The summed E-state index contributed by atoms with van der Waals surface area (Å²) in [7, 11) is 0. The Hall–Kier alpha value is -3.73. The normalized spacial score (nSPS) is 14.4. The first-order valence-corrected chi connectivity index (χ1v) is 11.1. The number of aromatic nitrogens is 3. The Kier molecular flexibility index (Phi) is 5.79. The zero-order chi connectivity index (χ0) is 21.8. The van der Waals surface area contributed by atoms with E-state index in [2.05, 4.69) is 47.4 Å². The predicted molar refractivity (Wildman–Crippen MR) is 125 cm³/mol. The summed E-state index contributed by atoms with van der Waals surface area (Å²) in [5.41, 5.74) is 4.72. The molecule has 2 aromatic carbocycles. The Morgan fingerprint density at radius 3 is 2.31 bits per heavy atom. The molecule has 0 N–H and O–H groups in total. The number of pyridine rings is 1. The molecule has 1 amide bonds. The third-order valence-corrected chi connectivity index (χ3v) is 6.17. The van der Waals surface area contributed by atoms with Gasteiger partial charge in [0.15, 0.2) is 0 Å². The van der Waals surface area contributed by atoms with E-state index in [0.29, 0.717) is 23.7 Å². The molecule has 1 saturated heterocycles. The second-order valence-electron chi connectivity index (χ2n) is 8.29. The van der Waals surface area contributed by atoms with Crippen LogP contribution >= 0.6 is 0 Å². The molecule has 0 aliphatic carbocycles. The van der Waals surface area contributed by atoms with Crippen molar-refractivity contribution in [3.63, 3.8) is 0 Å². The van der Waals surface area contributed by atoms with Crippen molar-refractivity contribution in [2.75, 3.05) is 13.1 Å². The average Bonchev–Trinajstić information content (AvgIpc) is 3.29. The van der Waals surface area contributed by atoms with E-state index in [0.717, 1.165) is 37.1 Å². The maximum Gasteiger partial charge on any atom is 0.257 e. The van der Waals surface area contributed by atoms with Gasteiger partial charge < -0.3 is 4.90 Å². The Morgan fingerprint density at radius 2 is 1.62 bits per heavy atom. The van der Waals surface area contributed by atoms with Crippen LogP contribution in [0.25, 0.3) is 11.3 Å². The lowest BCUT2D eigenvalue weighted by atomic mass is 9.89. The van der Waals surface area contributed by atoms with Gasteiger partial charge >= 0.3 is 0 Å². The molecule has 0 bridgehead atoms. The van der Waals surface area contributed by atoms with Crippen molar-refractivity contribution in [2.24, 2.45) is 0 Å². The van der Waals surface area contributed by atoms with E-state index in [-0.39, 0.29) is 5.91 Å². The number of carbonyl (C=O) groups is 1. The molecule has 32 heavy (non-hydrogen) atoms. The number of hydrogen-bond acceptors (Lipinski definition) is 3. The minimum atomic E-state index is 0.0506. The smallest absolute Gasteiger partial charge is 0.257 e. The quantitative estimate of drug-likeness (QED) is 0.454. The summed E-state index contributed by atoms with van der Waals surface area (Å²) in [5, 5.41) is 4.78. The first-order valence-electron chi connectivity index (χ1n) is 11.1. The molecule has 1 aliphatic heterocycles. The van der Waals surface area contributed by atoms with Gasteiger partial charge in [-0.15, -0.1) is 0 Å². The highest BCUT2D eigenvalue weighted by atomic mass is 16.2. The molecule has 1 fully saturated rings. The van der Waals surface area contributed by atoms with E-state index < -0.39 is 0 Å². The molecule has 0 unspecified atom stereocenters. The molecule has 0 radical (unpaired) electrons. The standard InChI is InChI=1S/C27H26N4O/c32-27(30-16-13-23(14-17-30)22-10-5-2-6-11-22)25-20-31(19-21-8-3-1-4-9-21)29-26(25)24-12-7-15-28-18-24/h1-12,15,18,20,23H,13-14,16-17,19H2. The molecule has 0 saturated carbocycles. The Labute approximate surface area is 188 Å². The van der Waals surface area contributed by atoms with Crippen molar-refractivity contribution < 1.29 is 4.79 Å². The number of hydrogen-bond donors (Lipinski definition) is 0. The summed E-state index contributed by atoms with van der Waals surface area (Å²) in [5.74, 6) is 0.563. The van der Waals surface area contributed by atoms with Crippen molar-refractivity contribution >= 4 is 5.91 Å². The fraction of sp³-hybridized carbons (Fsp3) is 0.222.